The highest BCUT2D eigenvalue weighted by molar-refractivity contribution is 9.10. The average Bonchev–Trinajstić information content (AvgIpc) is 3.13. The topological polar surface area (TPSA) is 57.1 Å². The van der Waals surface area contributed by atoms with E-state index < -0.39 is 5.97 Å². The Hall–Kier alpha value is -2.90. The van der Waals surface area contributed by atoms with E-state index in [-0.39, 0.29) is 11.6 Å². The summed E-state index contributed by atoms with van der Waals surface area (Å²) in [6.07, 6.45) is 1.65. The maximum absolute atomic E-state index is 12.3. The van der Waals surface area contributed by atoms with Gasteiger partial charge >= 0.3 is 5.97 Å². The minimum Gasteiger partial charge on any atom is -0.493 e. The van der Waals surface area contributed by atoms with Crippen LogP contribution in [-0.2, 0) is 16.1 Å². The molecule has 0 atom stereocenters. The van der Waals surface area contributed by atoms with E-state index >= 15 is 0 Å². The molecule has 0 radical (unpaired) electrons. The zero-order valence-electron chi connectivity index (χ0n) is 16.5. The van der Waals surface area contributed by atoms with E-state index in [1.54, 1.807) is 19.3 Å². The van der Waals surface area contributed by atoms with E-state index in [9.17, 15) is 4.79 Å². The van der Waals surface area contributed by atoms with E-state index in [2.05, 4.69) is 36.9 Å². The number of rotatable bonds is 6. The lowest BCUT2D eigenvalue weighted by Crippen LogP contribution is -2.05. The number of hydrogen-bond donors (Lipinski definition) is 0. The van der Waals surface area contributed by atoms with E-state index in [1.165, 1.54) is 0 Å². The van der Waals surface area contributed by atoms with Crippen molar-refractivity contribution in [2.45, 2.75) is 6.61 Å². The van der Waals surface area contributed by atoms with Crippen molar-refractivity contribution in [2.75, 3.05) is 7.11 Å². The quantitative estimate of drug-likeness (QED) is 0.277. The number of cyclic esters (lactones) is 1. The molecule has 0 saturated heterocycles. The lowest BCUT2D eigenvalue weighted by Gasteiger charge is -2.13. The van der Waals surface area contributed by atoms with Crippen LogP contribution in [0.2, 0.25) is 0 Å². The van der Waals surface area contributed by atoms with Gasteiger partial charge in [-0.25, -0.2) is 9.79 Å². The van der Waals surface area contributed by atoms with Crippen molar-refractivity contribution in [1.29, 1.82) is 0 Å². The molecule has 7 heteroatoms. The summed E-state index contributed by atoms with van der Waals surface area (Å²) < 4.78 is 18.4. The summed E-state index contributed by atoms with van der Waals surface area (Å²) in [5.74, 6) is 0.890. The van der Waals surface area contributed by atoms with Gasteiger partial charge in [-0.05, 0) is 63.5 Å². The molecule has 0 saturated carbocycles. The Kier molecular flexibility index (Phi) is 6.53. The first kappa shape index (κ1) is 21.3. The first-order chi connectivity index (χ1) is 15.0. The maximum atomic E-state index is 12.3. The molecule has 3 aromatic carbocycles. The van der Waals surface area contributed by atoms with Crippen LogP contribution < -0.4 is 9.47 Å². The third kappa shape index (κ3) is 5.06. The number of carbonyl (C=O) groups is 1. The molecular weight excluding hydrogens is 526 g/mol. The highest BCUT2D eigenvalue weighted by Crippen LogP contribution is 2.38. The fourth-order valence-electron chi connectivity index (χ4n) is 3.00. The van der Waals surface area contributed by atoms with Crippen molar-refractivity contribution in [1.82, 2.24) is 0 Å². The van der Waals surface area contributed by atoms with Crippen LogP contribution in [0.4, 0.5) is 0 Å². The summed E-state index contributed by atoms with van der Waals surface area (Å²) in [4.78, 5) is 16.7. The first-order valence-corrected chi connectivity index (χ1v) is 10.9. The van der Waals surface area contributed by atoms with E-state index in [1.807, 2.05) is 60.7 Å². The normalized spacial score (nSPS) is 14.4. The van der Waals surface area contributed by atoms with Crippen LogP contribution in [0.5, 0.6) is 11.5 Å². The van der Waals surface area contributed by atoms with Gasteiger partial charge in [0, 0.05) is 10.0 Å². The lowest BCUT2D eigenvalue weighted by atomic mass is 10.1. The third-order valence-corrected chi connectivity index (χ3v) is 5.56. The molecular formula is C24H17Br2NO4. The van der Waals surface area contributed by atoms with Gasteiger partial charge in [-0.3, -0.25) is 0 Å². The van der Waals surface area contributed by atoms with Crippen LogP contribution in [0.1, 0.15) is 16.7 Å². The summed E-state index contributed by atoms with van der Waals surface area (Å²) in [6.45, 7) is 0.406. The predicted molar refractivity (Wildman–Crippen MR) is 126 cm³/mol. The van der Waals surface area contributed by atoms with Crippen molar-refractivity contribution >= 4 is 49.8 Å². The van der Waals surface area contributed by atoms with Crippen LogP contribution in [-0.4, -0.2) is 19.0 Å². The number of hydrogen-bond acceptors (Lipinski definition) is 5. The molecule has 1 aliphatic rings. The average molecular weight is 543 g/mol. The van der Waals surface area contributed by atoms with Gasteiger partial charge in [-0.1, -0.05) is 52.3 Å². The molecule has 3 aromatic rings. The Morgan fingerprint density at radius 1 is 1.03 bits per heavy atom. The second-order valence-corrected chi connectivity index (χ2v) is 8.42. The van der Waals surface area contributed by atoms with Crippen LogP contribution in [0.3, 0.4) is 0 Å². The third-order valence-electron chi connectivity index (χ3n) is 4.47. The number of methoxy groups -OCH3 is 1. The summed E-state index contributed by atoms with van der Waals surface area (Å²) in [7, 11) is 1.57. The fourth-order valence-corrected chi connectivity index (χ4v) is 3.98. The number of carbonyl (C=O) groups excluding carboxylic acids is 1. The van der Waals surface area contributed by atoms with E-state index in [0.29, 0.717) is 22.6 Å². The van der Waals surface area contributed by atoms with Gasteiger partial charge in [0.1, 0.15) is 6.61 Å². The first-order valence-electron chi connectivity index (χ1n) is 9.36. The molecule has 4 rings (SSSR count). The molecule has 5 nitrogen and oxygen atoms in total. The largest absolute Gasteiger partial charge is 0.493 e. The monoisotopic (exact) mass is 541 g/mol. The van der Waals surface area contributed by atoms with Gasteiger partial charge in [0.25, 0.3) is 0 Å². The predicted octanol–water partition coefficient (Wildman–Crippen LogP) is 6.14. The second-order valence-electron chi connectivity index (χ2n) is 6.65. The highest BCUT2D eigenvalue weighted by Gasteiger charge is 2.24. The molecule has 0 aliphatic carbocycles. The van der Waals surface area contributed by atoms with Crippen molar-refractivity contribution < 1.29 is 19.0 Å². The summed E-state index contributed by atoms with van der Waals surface area (Å²) in [6, 6.07) is 20.9. The molecule has 156 valence electrons. The Balaban J connectivity index is 1.60. The SMILES string of the molecule is COc1cc(/C=C2\N=C(c3cccc(Br)c3)OC2=O)cc(Br)c1OCc1ccccc1. The molecule has 31 heavy (non-hydrogen) atoms. The summed E-state index contributed by atoms with van der Waals surface area (Å²) in [5, 5.41) is 0. The molecule has 1 heterocycles. The molecule has 0 bridgehead atoms. The number of aliphatic imine (C=N–C) groups is 1. The van der Waals surface area contributed by atoms with Crippen molar-refractivity contribution in [3.63, 3.8) is 0 Å². The van der Waals surface area contributed by atoms with Crippen LogP contribution >= 0.6 is 31.9 Å². The van der Waals surface area contributed by atoms with Gasteiger partial charge in [0.2, 0.25) is 5.90 Å². The number of nitrogens with zero attached hydrogens (tertiary/aromatic N) is 1. The molecule has 1 aliphatic heterocycles. The Bertz CT molecular complexity index is 1190. The smallest absolute Gasteiger partial charge is 0.363 e. The molecule has 0 amide bonds. The summed E-state index contributed by atoms with van der Waals surface area (Å²) >= 11 is 6.95. The van der Waals surface area contributed by atoms with E-state index in [0.717, 1.165) is 21.2 Å². The van der Waals surface area contributed by atoms with Crippen molar-refractivity contribution in [3.05, 3.63) is 98.1 Å². The van der Waals surface area contributed by atoms with Crippen LogP contribution in [0.15, 0.2) is 86.4 Å². The zero-order chi connectivity index (χ0) is 21.8. The lowest BCUT2D eigenvalue weighted by molar-refractivity contribution is -0.129. The van der Waals surface area contributed by atoms with Crippen molar-refractivity contribution in [2.24, 2.45) is 4.99 Å². The van der Waals surface area contributed by atoms with Gasteiger partial charge in [-0.2, -0.15) is 0 Å². The minimum atomic E-state index is -0.505. The Morgan fingerprint density at radius 3 is 2.58 bits per heavy atom. The molecule has 0 unspecified atom stereocenters. The number of benzene rings is 3. The summed E-state index contributed by atoms with van der Waals surface area (Å²) in [5.41, 5.74) is 2.70. The zero-order valence-corrected chi connectivity index (χ0v) is 19.6. The van der Waals surface area contributed by atoms with Gasteiger partial charge in [0.15, 0.2) is 17.2 Å². The molecule has 0 aromatic heterocycles. The van der Waals surface area contributed by atoms with E-state index in [4.69, 9.17) is 14.2 Å². The van der Waals surface area contributed by atoms with Gasteiger partial charge in [-0.15, -0.1) is 0 Å². The maximum Gasteiger partial charge on any atom is 0.363 e. The van der Waals surface area contributed by atoms with Gasteiger partial charge in [0.05, 0.1) is 11.6 Å². The highest BCUT2D eigenvalue weighted by atomic mass is 79.9. The van der Waals surface area contributed by atoms with Crippen LogP contribution in [0.25, 0.3) is 6.08 Å². The Morgan fingerprint density at radius 2 is 1.84 bits per heavy atom. The second kappa shape index (κ2) is 9.49. The fraction of sp³-hybridized carbons (Fsp3) is 0.0833. The standard InChI is InChI=1S/C24H17Br2NO4/c1-29-21-12-16(10-19(26)22(21)30-14-15-6-3-2-4-7-15)11-20-24(28)31-23(27-20)17-8-5-9-18(25)13-17/h2-13H,14H2,1H3/b20-11-. The molecule has 0 fully saturated rings. The van der Waals surface area contributed by atoms with Gasteiger partial charge < -0.3 is 14.2 Å². The number of esters is 1. The minimum absolute atomic E-state index is 0.210. The van der Waals surface area contributed by atoms with Crippen LogP contribution in [0, 0.1) is 0 Å². The molecule has 0 spiro atoms. The number of ether oxygens (including phenoxy) is 3. The van der Waals surface area contributed by atoms with Crippen molar-refractivity contribution in [3.8, 4) is 11.5 Å². The molecule has 0 N–H and O–H groups in total. The number of halogens is 2. The Labute approximate surface area is 196 Å².